The monoisotopic (exact) mass is 323 g/mol. The Hall–Kier alpha value is -1.86. The second-order valence-corrected chi connectivity index (χ2v) is 6.85. The third-order valence-electron chi connectivity index (χ3n) is 3.59. The normalized spacial score (nSPS) is 17.7. The van der Waals surface area contributed by atoms with Gasteiger partial charge in [0.1, 0.15) is 0 Å². The molecule has 2 amide bonds. The molecule has 1 aliphatic rings. The van der Waals surface area contributed by atoms with E-state index in [1.54, 1.807) is 17.0 Å². The summed E-state index contributed by atoms with van der Waals surface area (Å²) in [6, 6.07) is 5.80. The van der Waals surface area contributed by atoms with Crippen molar-refractivity contribution in [3.05, 3.63) is 36.4 Å². The summed E-state index contributed by atoms with van der Waals surface area (Å²) in [7, 11) is -3.78. The van der Waals surface area contributed by atoms with Gasteiger partial charge in [-0.05, 0) is 24.6 Å². The zero-order valence-corrected chi connectivity index (χ0v) is 13.3. The molecule has 120 valence electrons. The molecule has 0 saturated carbocycles. The van der Waals surface area contributed by atoms with Crippen molar-refractivity contribution in [1.82, 2.24) is 4.90 Å². The van der Waals surface area contributed by atoms with Crippen LogP contribution in [0.25, 0.3) is 0 Å². The lowest BCUT2D eigenvalue weighted by Crippen LogP contribution is -2.39. The number of urea groups is 1. The van der Waals surface area contributed by atoms with Crippen molar-refractivity contribution in [1.29, 1.82) is 0 Å². The molecule has 1 heterocycles. The highest BCUT2D eigenvalue weighted by atomic mass is 32.2. The molecule has 0 aliphatic carbocycles. The Kier molecular flexibility index (Phi) is 5.20. The van der Waals surface area contributed by atoms with Gasteiger partial charge in [0.05, 0.1) is 10.9 Å². The van der Waals surface area contributed by atoms with Gasteiger partial charge < -0.3 is 10.2 Å². The Morgan fingerprint density at radius 1 is 1.45 bits per heavy atom. The highest BCUT2D eigenvalue weighted by Gasteiger charge is 2.24. The number of nitrogens with zero attached hydrogens (tertiary/aromatic N) is 1. The summed E-state index contributed by atoms with van der Waals surface area (Å²) in [5, 5.41) is 7.82. The molecule has 1 aromatic carbocycles. The number of rotatable bonds is 5. The molecule has 1 aromatic rings. The molecule has 0 bridgehead atoms. The fourth-order valence-corrected chi connectivity index (χ4v) is 2.98. The third kappa shape index (κ3) is 4.08. The van der Waals surface area contributed by atoms with Crippen molar-refractivity contribution >= 4 is 21.7 Å². The van der Waals surface area contributed by atoms with Crippen LogP contribution in [0.5, 0.6) is 0 Å². The molecule has 0 fully saturated rings. The molecule has 1 aliphatic heterocycles. The standard InChI is InChI=1S/C15H21N3O3S/c1-2-3-7-13-8-5-10-18(13)15(19)17-12-6-4-9-14(11-12)22(16,20)21/h4-6,8-9,11,13H,2-3,7,10H2,1H3,(H,17,19)(H2,16,20,21). The van der Waals surface area contributed by atoms with E-state index in [2.05, 4.69) is 12.2 Å². The number of carbonyl (C=O) groups excluding carboxylic acids is 1. The van der Waals surface area contributed by atoms with E-state index < -0.39 is 10.0 Å². The first-order valence-corrected chi connectivity index (χ1v) is 8.83. The van der Waals surface area contributed by atoms with Crippen LogP contribution in [-0.2, 0) is 10.0 Å². The number of amides is 2. The number of benzene rings is 1. The van der Waals surface area contributed by atoms with Crippen molar-refractivity contribution in [2.24, 2.45) is 5.14 Å². The van der Waals surface area contributed by atoms with E-state index in [0.717, 1.165) is 19.3 Å². The number of hydrogen-bond acceptors (Lipinski definition) is 3. The van der Waals surface area contributed by atoms with Gasteiger partial charge in [0.2, 0.25) is 10.0 Å². The Balaban J connectivity index is 2.06. The van der Waals surface area contributed by atoms with E-state index in [0.29, 0.717) is 12.2 Å². The van der Waals surface area contributed by atoms with Crippen molar-refractivity contribution in [3.63, 3.8) is 0 Å². The van der Waals surface area contributed by atoms with Gasteiger partial charge in [-0.1, -0.05) is 38.0 Å². The second-order valence-electron chi connectivity index (χ2n) is 5.29. The van der Waals surface area contributed by atoms with Crippen molar-refractivity contribution in [2.75, 3.05) is 11.9 Å². The zero-order chi connectivity index (χ0) is 16.2. The number of nitrogens with two attached hydrogens (primary N) is 1. The molecule has 2 rings (SSSR count). The first-order valence-electron chi connectivity index (χ1n) is 7.29. The Labute approximate surface area is 131 Å². The van der Waals surface area contributed by atoms with Crippen LogP contribution in [0.4, 0.5) is 10.5 Å². The SMILES string of the molecule is CCCCC1C=CCN1C(=O)Nc1cccc(S(N)(=O)=O)c1. The van der Waals surface area contributed by atoms with E-state index in [4.69, 9.17) is 5.14 Å². The van der Waals surface area contributed by atoms with Crippen LogP contribution in [0, 0.1) is 0 Å². The van der Waals surface area contributed by atoms with Gasteiger partial charge in [-0.3, -0.25) is 0 Å². The molecule has 22 heavy (non-hydrogen) atoms. The Bertz CT molecular complexity index is 670. The predicted molar refractivity (Wildman–Crippen MR) is 86.0 cm³/mol. The van der Waals surface area contributed by atoms with Gasteiger partial charge in [0, 0.05) is 12.2 Å². The summed E-state index contributed by atoms with van der Waals surface area (Å²) in [6.45, 7) is 2.68. The largest absolute Gasteiger partial charge is 0.322 e. The molecular formula is C15H21N3O3S. The second kappa shape index (κ2) is 6.93. The molecule has 0 aromatic heterocycles. The maximum Gasteiger partial charge on any atom is 0.322 e. The lowest BCUT2D eigenvalue weighted by atomic mass is 10.1. The smallest absolute Gasteiger partial charge is 0.314 e. The van der Waals surface area contributed by atoms with Gasteiger partial charge in [0.25, 0.3) is 0 Å². The lowest BCUT2D eigenvalue weighted by molar-refractivity contribution is 0.208. The van der Waals surface area contributed by atoms with Crippen molar-refractivity contribution < 1.29 is 13.2 Å². The number of primary sulfonamides is 1. The van der Waals surface area contributed by atoms with E-state index in [1.165, 1.54) is 12.1 Å². The molecule has 7 heteroatoms. The zero-order valence-electron chi connectivity index (χ0n) is 12.5. The third-order valence-corrected chi connectivity index (χ3v) is 4.50. The van der Waals surface area contributed by atoms with E-state index in [-0.39, 0.29) is 17.0 Å². The number of hydrogen-bond donors (Lipinski definition) is 2. The fourth-order valence-electron chi connectivity index (χ4n) is 2.42. The summed E-state index contributed by atoms with van der Waals surface area (Å²) in [6.07, 6.45) is 7.07. The maximum atomic E-state index is 12.3. The van der Waals surface area contributed by atoms with Crippen LogP contribution in [0.1, 0.15) is 26.2 Å². The number of sulfonamides is 1. The number of nitrogens with one attached hydrogen (secondary N) is 1. The number of anilines is 1. The van der Waals surface area contributed by atoms with Gasteiger partial charge in [-0.15, -0.1) is 0 Å². The summed E-state index contributed by atoms with van der Waals surface area (Å²) in [5.41, 5.74) is 0.415. The van der Waals surface area contributed by atoms with Gasteiger partial charge in [0.15, 0.2) is 0 Å². The highest BCUT2D eigenvalue weighted by molar-refractivity contribution is 7.89. The molecule has 1 atom stereocenters. The summed E-state index contributed by atoms with van der Waals surface area (Å²) < 4.78 is 22.7. The van der Waals surface area contributed by atoms with Crippen molar-refractivity contribution in [3.8, 4) is 0 Å². The molecule has 0 radical (unpaired) electrons. The molecule has 0 spiro atoms. The maximum absolute atomic E-state index is 12.3. The van der Waals surface area contributed by atoms with E-state index in [1.807, 2.05) is 12.2 Å². The Morgan fingerprint density at radius 2 is 2.23 bits per heavy atom. The lowest BCUT2D eigenvalue weighted by Gasteiger charge is -2.25. The van der Waals surface area contributed by atoms with E-state index >= 15 is 0 Å². The Morgan fingerprint density at radius 3 is 2.91 bits per heavy atom. The predicted octanol–water partition coefficient (Wildman–Crippen LogP) is 2.30. The first-order chi connectivity index (χ1) is 10.4. The topological polar surface area (TPSA) is 92.5 Å². The van der Waals surface area contributed by atoms with Gasteiger partial charge in [-0.2, -0.15) is 0 Å². The van der Waals surface area contributed by atoms with Crippen LogP contribution < -0.4 is 10.5 Å². The minimum absolute atomic E-state index is 0.0209. The van der Waals surface area contributed by atoms with Crippen LogP contribution in [0.3, 0.4) is 0 Å². The molecule has 0 saturated heterocycles. The first kappa shape index (κ1) is 16.5. The van der Waals surface area contributed by atoms with Gasteiger partial charge in [-0.25, -0.2) is 18.4 Å². The molecule has 6 nitrogen and oxygen atoms in total. The average molecular weight is 323 g/mol. The molecule has 3 N–H and O–H groups in total. The minimum Gasteiger partial charge on any atom is -0.314 e. The average Bonchev–Trinajstić information content (AvgIpc) is 2.93. The van der Waals surface area contributed by atoms with E-state index in [9.17, 15) is 13.2 Å². The summed E-state index contributed by atoms with van der Waals surface area (Å²) in [4.78, 5) is 14.1. The van der Waals surface area contributed by atoms with Crippen LogP contribution in [0.2, 0.25) is 0 Å². The summed E-state index contributed by atoms with van der Waals surface area (Å²) >= 11 is 0. The quantitative estimate of drug-likeness (QED) is 0.814. The molecule has 1 unspecified atom stereocenters. The minimum atomic E-state index is -3.78. The van der Waals surface area contributed by atoms with Crippen molar-refractivity contribution in [2.45, 2.75) is 37.1 Å². The summed E-state index contributed by atoms with van der Waals surface area (Å²) in [5.74, 6) is 0. The van der Waals surface area contributed by atoms with Crippen LogP contribution >= 0.6 is 0 Å². The highest BCUT2D eigenvalue weighted by Crippen LogP contribution is 2.19. The van der Waals surface area contributed by atoms with Gasteiger partial charge >= 0.3 is 6.03 Å². The van der Waals surface area contributed by atoms with Crippen LogP contribution in [0.15, 0.2) is 41.3 Å². The fraction of sp³-hybridized carbons (Fsp3) is 0.400. The van der Waals surface area contributed by atoms with Crippen LogP contribution in [-0.4, -0.2) is 31.9 Å². The molecular weight excluding hydrogens is 302 g/mol. The number of unbranched alkanes of at least 4 members (excludes halogenated alkanes) is 1. The number of carbonyl (C=O) groups is 1.